The van der Waals surface area contributed by atoms with E-state index in [9.17, 15) is 35.6 Å². The number of alkyl halides is 3. The number of nitrogens with zero attached hydrogens (tertiary/aromatic N) is 3. The van der Waals surface area contributed by atoms with Crippen molar-refractivity contribution in [2.24, 2.45) is 5.92 Å². The molecule has 1 N–H and O–H groups in total. The summed E-state index contributed by atoms with van der Waals surface area (Å²) in [5.74, 6) is -5.16. The molecule has 216 valence electrons. The summed E-state index contributed by atoms with van der Waals surface area (Å²) in [6.07, 6.45) is -2.57. The van der Waals surface area contributed by atoms with Crippen LogP contribution >= 0.6 is 11.3 Å². The van der Waals surface area contributed by atoms with Crippen LogP contribution in [0.5, 0.6) is 5.75 Å². The van der Waals surface area contributed by atoms with Crippen molar-refractivity contribution >= 4 is 43.5 Å². The van der Waals surface area contributed by atoms with Crippen molar-refractivity contribution in [3.63, 3.8) is 0 Å². The minimum Gasteiger partial charge on any atom is -0.483 e. The Labute approximate surface area is 228 Å². The van der Waals surface area contributed by atoms with Crippen LogP contribution in [0.25, 0.3) is 10.3 Å². The minimum atomic E-state index is -4.60. The number of benzene rings is 1. The average molecular weight is 609 g/mol. The Morgan fingerprint density at radius 3 is 2.55 bits per heavy atom. The third kappa shape index (κ3) is 7.26. The molecule has 4 rings (SSSR count). The van der Waals surface area contributed by atoms with E-state index in [4.69, 9.17) is 9.02 Å². The molecule has 1 saturated heterocycles. The summed E-state index contributed by atoms with van der Waals surface area (Å²) in [5.41, 5.74) is -1.95. The van der Waals surface area contributed by atoms with Gasteiger partial charge in [0.2, 0.25) is 5.91 Å². The second-order valence-corrected chi connectivity index (χ2v) is 11.4. The van der Waals surface area contributed by atoms with Gasteiger partial charge in [0, 0.05) is 25.2 Å². The number of aromatic nitrogens is 2. The zero-order valence-electron chi connectivity index (χ0n) is 20.6. The summed E-state index contributed by atoms with van der Waals surface area (Å²) in [6, 6.07) is 2.57. The second-order valence-electron chi connectivity index (χ2n) is 8.80. The Morgan fingerprint density at radius 2 is 1.90 bits per heavy atom. The Hall–Kier alpha value is -3.28. The number of hydroxylamine groups is 2. The van der Waals surface area contributed by atoms with Crippen LogP contribution in [0, 0.1) is 17.6 Å². The van der Waals surface area contributed by atoms with Gasteiger partial charge in [-0.15, -0.1) is 0 Å². The van der Waals surface area contributed by atoms with Crippen molar-refractivity contribution in [2.45, 2.75) is 25.6 Å². The maximum Gasteiger partial charge on any atom is 0.417 e. The minimum absolute atomic E-state index is 0.0294. The van der Waals surface area contributed by atoms with Crippen LogP contribution in [-0.4, -0.2) is 61.0 Å². The molecule has 0 atom stereocenters. The number of thiazole rings is 1. The van der Waals surface area contributed by atoms with Crippen LogP contribution in [0.15, 0.2) is 24.4 Å². The van der Waals surface area contributed by atoms with Gasteiger partial charge in [-0.05, 0) is 31.0 Å². The van der Waals surface area contributed by atoms with E-state index in [1.165, 1.54) is 5.06 Å². The molecule has 17 heteroatoms. The number of nitrogens with one attached hydrogen (secondary N) is 1. The highest BCUT2D eigenvalue weighted by Crippen LogP contribution is 2.32. The normalized spacial score (nSPS) is 15.3. The molecule has 40 heavy (non-hydrogen) atoms. The fraction of sp³-hybridized carbons (Fsp3) is 0.391. The van der Waals surface area contributed by atoms with Crippen LogP contribution in [0.1, 0.15) is 33.8 Å². The first kappa shape index (κ1) is 29.7. The van der Waals surface area contributed by atoms with Crippen molar-refractivity contribution < 1.29 is 49.0 Å². The summed E-state index contributed by atoms with van der Waals surface area (Å²) in [4.78, 5) is 33.0. The lowest BCUT2D eigenvalue weighted by Crippen LogP contribution is -2.42. The number of halogens is 5. The van der Waals surface area contributed by atoms with Gasteiger partial charge in [0.1, 0.15) is 27.8 Å². The Bertz CT molecular complexity index is 1540. The fourth-order valence-corrected chi connectivity index (χ4v) is 5.24. The monoisotopic (exact) mass is 608 g/mol. The molecule has 0 unspecified atom stereocenters. The van der Waals surface area contributed by atoms with E-state index in [-0.39, 0.29) is 41.3 Å². The highest BCUT2D eigenvalue weighted by molar-refractivity contribution is 7.85. The zero-order valence-corrected chi connectivity index (χ0v) is 22.3. The van der Waals surface area contributed by atoms with E-state index < -0.39 is 75.6 Å². The largest absolute Gasteiger partial charge is 0.483 e. The summed E-state index contributed by atoms with van der Waals surface area (Å²) in [6.45, 7) is -0.801. The molecule has 0 bridgehead atoms. The first-order valence-electron chi connectivity index (χ1n) is 11.6. The number of carbonyl (C=O) groups excluding carboxylic acids is 2. The van der Waals surface area contributed by atoms with E-state index in [1.54, 1.807) is 0 Å². The molecule has 0 saturated carbocycles. The highest BCUT2D eigenvalue weighted by atomic mass is 32.2. The summed E-state index contributed by atoms with van der Waals surface area (Å²) >= 11 is 0.917. The maximum atomic E-state index is 15.0. The van der Waals surface area contributed by atoms with Crippen LogP contribution in [0.4, 0.5) is 22.0 Å². The van der Waals surface area contributed by atoms with Crippen LogP contribution in [0.3, 0.4) is 0 Å². The lowest BCUT2D eigenvalue weighted by molar-refractivity contribution is -0.137. The zero-order chi connectivity index (χ0) is 29.2. The van der Waals surface area contributed by atoms with Gasteiger partial charge in [-0.25, -0.2) is 18.7 Å². The third-order valence-electron chi connectivity index (χ3n) is 5.79. The molecular formula is C23H21F5N4O6S2. The SMILES string of the molecule is CS(=O)(=O)ON1CCC(C(=O)NCC(=O)c2c(F)ccc(OCc3nc4cc(C(F)(F)F)cnc4s3)c2F)CC1. The number of piperidine rings is 1. The molecule has 3 heterocycles. The van der Waals surface area contributed by atoms with E-state index in [0.717, 1.165) is 35.8 Å². The predicted octanol–water partition coefficient (Wildman–Crippen LogP) is 3.47. The lowest BCUT2D eigenvalue weighted by atomic mass is 9.97. The smallest absolute Gasteiger partial charge is 0.417 e. The molecule has 1 aliphatic rings. The van der Waals surface area contributed by atoms with Gasteiger partial charge in [0.05, 0.1) is 23.9 Å². The highest BCUT2D eigenvalue weighted by Gasteiger charge is 2.32. The molecule has 1 amide bonds. The number of hydrogen-bond donors (Lipinski definition) is 1. The Morgan fingerprint density at radius 1 is 1.20 bits per heavy atom. The summed E-state index contributed by atoms with van der Waals surface area (Å²) in [5, 5.41) is 3.70. The first-order chi connectivity index (χ1) is 18.7. The lowest BCUT2D eigenvalue weighted by Gasteiger charge is -2.29. The van der Waals surface area contributed by atoms with E-state index in [2.05, 4.69) is 15.3 Å². The van der Waals surface area contributed by atoms with Gasteiger partial charge >= 0.3 is 6.18 Å². The number of rotatable bonds is 9. The molecule has 1 aromatic carbocycles. The van der Waals surface area contributed by atoms with Gasteiger partial charge in [-0.3, -0.25) is 9.59 Å². The number of ketones is 1. The number of amides is 1. The average Bonchev–Trinajstić information content (AvgIpc) is 3.28. The van der Waals surface area contributed by atoms with E-state index in [1.807, 2.05) is 0 Å². The molecular weight excluding hydrogens is 587 g/mol. The summed E-state index contributed by atoms with van der Waals surface area (Å²) < 4.78 is 101. The van der Waals surface area contributed by atoms with Crippen molar-refractivity contribution in [3.8, 4) is 5.75 Å². The van der Waals surface area contributed by atoms with Gasteiger partial charge in [-0.2, -0.15) is 30.9 Å². The first-order valence-corrected chi connectivity index (χ1v) is 14.2. The molecule has 0 radical (unpaired) electrons. The molecule has 1 fully saturated rings. The number of ether oxygens (including phenoxy) is 1. The standard InChI is InChI=1S/C23H21F5N4O6S2/c1-40(35,36)38-32-6-4-12(5-7-32)21(34)29-10-16(33)19-14(24)2-3-17(20(19)25)37-11-18-31-15-8-13(23(26,27)28)9-30-22(15)39-18/h2-3,8-9,12H,4-7,10-11H2,1H3,(H,29,34). The van der Waals surface area contributed by atoms with Crippen LogP contribution in [0.2, 0.25) is 0 Å². The number of pyridine rings is 1. The van der Waals surface area contributed by atoms with Crippen molar-refractivity contribution in [3.05, 3.63) is 52.2 Å². The number of hydrogen-bond acceptors (Lipinski definition) is 10. The molecule has 10 nitrogen and oxygen atoms in total. The van der Waals surface area contributed by atoms with Crippen LogP contribution in [-0.2, 0) is 32.0 Å². The van der Waals surface area contributed by atoms with Gasteiger partial charge in [0.25, 0.3) is 10.1 Å². The van der Waals surface area contributed by atoms with E-state index >= 15 is 4.39 Å². The molecule has 0 spiro atoms. The maximum absolute atomic E-state index is 15.0. The Kier molecular flexibility index (Phi) is 8.67. The van der Waals surface area contributed by atoms with Crippen molar-refractivity contribution in [1.82, 2.24) is 20.3 Å². The predicted molar refractivity (Wildman–Crippen MR) is 131 cm³/mol. The molecule has 2 aromatic heterocycles. The van der Waals surface area contributed by atoms with Gasteiger partial charge < -0.3 is 10.1 Å². The number of Topliss-reactive ketones (excluding diaryl/α,β-unsaturated/α-hetero) is 1. The summed E-state index contributed by atoms with van der Waals surface area (Å²) in [7, 11) is -3.70. The topological polar surface area (TPSA) is 128 Å². The molecule has 0 aliphatic carbocycles. The third-order valence-corrected chi connectivity index (χ3v) is 7.23. The number of fused-ring (bicyclic) bond motifs is 1. The fourth-order valence-electron chi connectivity index (χ4n) is 3.91. The van der Waals surface area contributed by atoms with Gasteiger partial charge in [0.15, 0.2) is 17.3 Å². The van der Waals surface area contributed by atoms with Crippen molar-refractivity contribution in [1.29, 1.82) is 0 Å². The Balaban J connectivity index is 1.36. The van der Waals surface area contributed by atoms with Crippen molar-refractivity contribution in [2.75, 3.05) is 25.9 Å². The number of carbonyl (C=O) groups is 2. The quantitative estimate of drug-likeness (QED) is 0.287. The second kappa shape index (κ2) is 11.7. The van der Waals surface area contributed by atoms with E-state index in [0.29, 0.717) is 6.20 Å². The molecule has 1 aliphatic heterocycles. The van der Waals surface area contributed by atoms with Gasteiger partial charge in [-0.1, -0.05) is 11.3 Å². The molecule has 3 aromatic rings. The van der Waals surface area contributed by atoms with Crippen LogP contribution < -0.4 is 10.1 Å².